The van der Waals surface area contributed by atoms with E-state index in [1.54, 1.807) is 24.5 Å². The van der Waals surface area contributed by atoms with E-state index in [1.807, 2.05) is 4.90 Å². The number of rotatable bonds is 4. The number of benzene rings is 1. The highest BCUT2D eigenvalue weighted by Crippen LogP contribution is 2.31. The average molecular weight is 329 g/mol. The van der Waals surface area contributed by atoms with Crippen molar-refractivity contribution in [2.24, 2.45) is 0 Å². The summed E-state index contributed by atoms with van der Waals surface area (Å²) in [6.07, 6.45) is 5.17. The van der Waals surface area contributed by atoms with Gasteiger partial charge < -0.3 is 9.64 Å². The summed E-state index contributed by atoms with van der Waals surface area (Å²) < 4.78 is 18.1. The van der Waals surface area contributed by atoms with Gasteiger partial charge in [-0.05, 0) is 37.1 Å². The van der Waals surface area contributed by atoms with Crippen molar-refractivity contribution in [3.63, 3.8) is 0 Å². The SMILES string of the molecule is COCC(=O)N1CCC[C@@H](c2nccnc2-c2ccc(F)cc2)C1. The average Bonchev–Trinajstić information content (AvgIpc) is 2.63. The first kappa shape index (κ1) is 16.5. The number of carbonyl (C=O) groups excluding carboxylic acids is 1. The van der Waals surface area contributed by atoms with Crippen LogP contribution in [-0.2, 0) is 9.53 Å². The first-order valence-corrected chi connectivity index (χ1v) is 8.02. The maximum absolute atomic E-state index is 13.2. The number of methoxy groups -OCH3 is 1. The molecule has 1 aromatic heterocycles. The van der Waals surface area contributed by atoms with Crippen LogP contribution in [-0.4, -0.2) is 47.6 Å². The van der Waals surface area contributed by atoms with E-state index in [-0.39, 0.29) is 24.2 Å². The van der Waals surface area contributed by atoms with Gasteiger partial charge in [0, 0.05) is 44.1 Å². The van der Waals surface area contributed by atoms with E-state index < -0.39 is 0 Å². The highest BCUT2D eigenvalue weighted by Gasteiger charge is 2.27. The van der Waals surface area contributed by atoms with Crippen LogP contribution in [0.2, 0.25) is 0 Å². The number of hydrogen-bond donors (Lipinski definition) is 0. The van der Waals surface area contributed by atoms with Gasteiger partial charge in [-0.1, -0.05) is 0 Å². The lowest BCUT2D eigenvalue weighted by atomic mass is 9.91. The van der Waals surface area contributed by atoms with Gasteiger partial charge >= 0.3 is 0 Å². The number of amides is 1. The number of carbonyl (C=O) groups is 1. The molecular weight excluding hydrogens is 309 g/mol. The van der Waals surface area contributed by atoms with Gasteiger partial charge in [-0.2, -0.15) is 0 Å². The predicted molar refractivity (Wildman–Crippen MR) is 87.9 cm³/mol. The minimum absolute atomic E-state index is 0.00516. The highest BCUT2D eigenvalue weighted by molar-refractivity contribution is 5.77. The molecule has 3 rings (SSSR count). The van der Waals surface area contributed by atoms with Crippen LogP contribution in [0.4, 0.5) is 4.39 Å². The Morgan fingerprint density at radius 2 is 2.04 bits per heavy atom. The third-order valence-electron chi connectivity index (χ3n) is 4.27. The summed E-state index contributed by atoms with van der Waals surface area (Å²) in [5.74, 6) is -0.166. The molecule has 1 fully saturated rings. The standard InChI is InChI=1S/C18H20FN3O2/c1-24-12-16(23)22-10-2-3-14(11-22)18-17(20-8-9-21-18)13-4-6-15(19)7-5-13/h4-9,14H,2-3,10-12H2,1H3/t14-/m1/s1. The number of hydrogen-bond acceptors (Lipinski definition) is 4. The molecular formula is C18H20FN3O2. The Morgan fingerprint density at radius 3 is 2.79 bits per heavy atom. The van der Waals surface area contributed by atoms with Gasteiger partial charge in [0.1, 0.15) is 12.4 Å². The molecule has 24 heavy (non-hydrogen) atoms. The lowest BCUT2D eigenvalue weighted by Crippen LogP contribution is -2.41. The molecule has 0 unspecified atom stereocenters. The van der Waals surface area contributed by atoms with Gasteiger partial charge in [0.25, 0.3) is 0 Å². The Bertz CT molecular complexity index is 706. The molecule has 1 atom stereocenters. The van der Waals surface area contributed by atoms with E-state index in [0.717, 1.165) is 36.3 Å². The van der Waals surface area contributed by atoms with Crippen LogP contribution in [0.5, 0.6) is 0 Å². The maximum Gasteiger partial charge on any atom is 0.248 e. The van der Waals surface area contributed by atoms with Crippen molar-refractivity contribution in [1.82, 2.24) is 14.9 Å². The van der Waals surface area contributed by atoms with Crippen LogP contribution in [0, 0.1) is 5.82 Å². The fraction of sp³-hybridized carbons (Fsp3) is 0.389. The van der Waals surface area contributed by atoms with Gasteiger partial charge in [0.2, 0.25) is 5.91 Å². The second kappa shape index (κ2) is 7.49. The molecule has 126 valence electrons. The molecule has 1 aromatic carbocycles. The number of likely N-dealkylation sites (tertiary alicyclic amines) is 1. The number of halogens is 1. The fourth-order valence-corrected chi connectivity index (χ4v) is 3.12. The van der Waals surface area contributed by atoms with Crippen molar-refractivity contribution in [1.29, 1.82) is 0 Å². The van der Waals surface area contributed by atoms with Crippen LogP contribution in [0.3, 0.4) is 0 Å². The van der Waals surface area contributed by atoms with E-state index in [9.17, 15) is 9.18 Å². The van der Waals surface area contributed by atoms with E-state index in [4.69, 9.17) is 4.74 Å². The van der Waals surface area contributed by atoms with Crippen molar-refractivity contribution in [2.75, 3.05) is 26.8 Å². The normalized spacial score (nSPS) is 17.8. The monoisotopic (exact) mass is 329 g/mol. The molecule has 1 aliphatic heterocycles. The topological polar surface area (TPSA) is 55.3 Å². The fourth-order valence-electron chi connectivity index (χ4n) is 3.12. The van der Waals surface area contributed by atoms with E-state index >= 15 is 0 Å². The van der Waals surface area contributed by atoms with Gasteiger partial charge in [-0.3, -0.25) is 14.8 Å². The third-order valence-corrected chi connectivity index (χ3v) is 4.27. The summed E-state index contributed by atoms with van der Waals surface area (Å²) in [7, 11) is 1.52. The second-order valence-electron chi connectivity index (χ2n) is 5.91. The largest absolute Gasteiger partial charge is 0.375 e. The Morgan fingerprint density at radius 1 is 1.29 bits per heavy atom. The number of piperidine rings is 1. The molecule has 2 heterocycles. The molecule has 0 N–H and O–H groups in total. The first-order valence-electron chi connectivity index (χ1n) is 8.02. The lowest BCUT2D eigenvalue weighted by Gasteiger charge is -2.33. The molecule has 2 aromatic rings. The summed E-state index contributed by atoms with van der Waals surface area (Å²) in [5.41, 5.74) is 2.45. The number of nitrogens with zero attached hydrogens (tertiary/aromatic N) is 3. The Balaban J connectivity index is 1.86. The van der Waals surface area contributed by atoms with Crippen LogP contribution in [0.25, 0.3) is 11.3 Å². The van der Waals surface area contributed by atoms with E-state index in [0.29, 0.717) is 6.54 Å². The van der Waals surface area contributed by atoms with E-state index in [2.05, 4.69) is 9.97 Å². The molecule has 5 nitrogen and oxygen atoms in total. The van der Waals surface area contributed by atoms with Crippen LogP contribution in [0.1, 0.15) is 24.5 Å². The van der Waals surface area contributed by atoms with E-state index in [1.165, 1.54) is 19.2 Å². The molecule has 6 heteroatoms. The second-order valence-corrected chi connectivity index (χ2v) is 5.91. The summed E-state index contributed by atoms with van der Waals surface area (Å²) in [6.45, 7) is 1.44. The Labute approximate surface area is 140 Å². The summed E-state index contributed by atoms with van der Waals surface area (Å²) in [6, 6.07) is 6.26. The molecule has 0 radical (unpaired) electrons. The molecule has 1 saturated heterocycles. The van der Waals surface area contributed by atoms with Crippen molar-refractivity contribution in [2.45, 2.75) is 18.8 Å². The van der Waals surface area contributed by atoms with Gasteiger partial charge in [-0.25, -0.2) is 4.39 Å². The third kappa shape index (κ3) is 3.59. The maximum atomic E-state index is 13.2. The smallest absolute Gasteiger partial charge is 0.248 e. The van der Waals surface area contributed by atoms with Crippen molar-refractivity contribution in [3.8, 4) is 11.3 Å². The molecule has 0 aliphatic carbocycles. The predicted octanol–water partition coefficient (Wildman–Crippen LogP) is 2.64. The zero-order chi connectivity index (χ0) is 16.9. The zero-order valence-electron chi connectivity index (χ0n) is 13.6. The van der Waals surface area contributed by atoms with Crippen LogP contribution < -0.4 is 0 Å². The summed E-state index contributed by atoms with van der Waals surface area (Å²) in [5, 5.41) is 0. The summed E-state index contributed by atoms with van der Waals surface area (Å²) >= 11 is 0. The summed E-state index contributed by atoms with van der Waals surface area (Å²) in [4.78, 5) is 22.9. The van der Waals surface area contributed by atoms with Gasteiger partial charge in [0.15, 0.2) is 0 Å². The van der Waals surface area contributed by atoms with Crippen LogP contribution in [0.15, 0.2) is 36.7 Å². The molecule has 1 amide bonds. The Kier molecular flexibility index (Phi) is 5.15. The molecule has 0 saturated carbocycles. The quantitative estimate of drug-likeness (QED) is 0.865. The Hall–Kier alpha value is -2.34. The molecule has 1 aliphatic rings. The first-order chi connectivity index (χ1) is 11.7. The van der Waals surface area contributed by atoms with Crippen molar-refractivity contribution >= 4 is 5.91 Å². The minimum Gasteiger partial charge on any atom is -0.375 e. The number of ether oxygens (including phenoxy) is 1. The van der Waals surface area contributed by atoms with Crippen LogP contribution >= 0.6 is 0 Å². The highest BCUT2D eigenvalue weighted by atomic mass is 19.1. The van der Waals surface area contributed by atoms with Crippen molar-refractivity contribution < 1.29 is 13.9 Å². The zero-order valence-corrected chi connectivity index (χ0v) is 13.6. The number of aromatic nitrogens is 2. The minimum atomic E-state index is -0.279. The molecule has 0 spiro atoms. The van der Waals surface area contributed by atoms with Crippen molar-refractivity contribution in [3.05, 3.63) is 48.2 Å². The van der Waals surface area contributed by atoms with Gasteiger partial charge in [-0.15, -0.1) is 0 Å². The lowest BCUT2D eigenvalue weighted by molar-refractivity contribution is -0.136. The molecule has 0 bridgehead atoms. The van der Waals surface area contributed by atoms with Gasteiger partial charge in [0.05, 0.1) is 11.4 Å².